The highest BCUT2D eigenvalue weighted by atomic mass is 35.5. The average molecular weight is 263 g/mol. The molecule has 17 heavy (non-hydrogen) atoms. The van der Waals surface area contributed by atoms with E-state index < -0.39 is 0 Å². The lowest BCUT2D eigenvalue weighted by Crippen LogP contribution is -2.52. The quantitative estimate of drug-likeness (QED) is 0.699. The zero-order chi connectivity index (χ0) is 11.4. The Morgan fingerprint density at radius 3 is 2.47 bits per heavy atom. The van der Waals surface area contributed by atoms with E-state index in [2.05, 4.69) is 10.6 Å². The summed E-state index contributed by atoms with van der Waals surface area (Å²) in [6.07, 6.45) is 5.62. The molecule has 4 nitrogen and oxygen atoms in total. The fourth-order valence-corrected chi connectivity index (χ4v) is 2.51. The maximum atomic E-state index is 11.6. The predicted octanol–water partition coefficient (Wildman–Crippen LogP) is 0.685. The van der Waals surface area contributed by atoms with E-state index in [4.69, 9.17) is 0 Å². The Morgan fingerprint density at radius 2 is 1.94 bits per heavy atom. The van der Waals surface area contributed by atoms with Gasteiger partial charge in [0.1, 0.15) is 0 Å². The molecule has 0 aromatic rings. The number of halogens is 1. The van der Waals surface area contributed by atoms with Crippen LogP contribution in [0.2, 0.25) is 0 Å². The van der Waals surface area contributed by atoms with Gasteiger partial charge in [-0.3, -0.25) is 4.79 Å². The standard InChI is InChI=1S/C12H22N2O2.ClH/c15-11(9-4-2-1-3-5-9)8-14-12(16)10-6-13-7-10;/h9-11,13,15H,1-8H2,(H,14,16);1H. The minimum absolute atomic E-state index is 0. The van der Waals surface area contributed by atoms with Gasteiger partial charge in [-0.05, 0) is 18.8 Å². The molecular formula is C12H23ClN2O2. The highest BCUT2D eigenvalue weighted by Gasteiger charge is 2.26. The lowest BCUT2D eigenvalue weighted by molar-refractivity contribution is -0.127. The summed E-state index contributed by atoms with van der Waals surface area (Å²) in [5, 5.41) is 15.9. The number of aliphatic hydroxyl groups is 1. The molecule has 2 fully saturated rings. The fraction of sp³-hybridized carbons (Fsp3) is 0.917. The number of nitrogens with one attached hydrogen (secondary N) is 2. The van der Waals surface area contributed by atoms with Crippen molar-refractivity contribution >= 4 is 18.3 Å². The molecule has 0 bridgehead atoms. The lowest BCUT2D eigenvalue weighted by atomic mass is 9.85. The van der Waals surface area contributed by atoms with Crippen LogP contribution in [0.3, 0.4) is 0 Å². The van der Waals surface area contributed by atoms with Crippen LogP contribution in [-0.4, -0.2) is 36.8 Å². The third-order valence-electron chi connectivity index (χ3n) is 3.83. The first kappa shape index (κ1) is 14.7. The Hall–Kier alpha value is -0.320. The van der Waals surface area contributed by atoms with E-state index in [-0.39, 0.29) is 30.3 Å². The first-order valence-corrected chi connectivity index (χ1v) is 6.44. The minimum Gasteiger partial charge on any atom is -0.391 e. The van der Waals surface area contributed by atoms with Crippen molar-refractivity contribution in [1.82, 2.24) is 10.6 Å². The molecule has 1 aliphatic carbocycles. The molecule has 2 aliphatic rings. The van der Waals surface area contributed by atoms with Gasteiger partial charge >= 0.3 is 0 Å². The van der Waals surface area contributed by atoms with Crippen LogP contribution in [0.15, 0.2) is 0 Å². The summed E-state index contributed by atoms with van der Waals surface area (Å²) >= 11 is 0. The Labute approximate surface area is 109 Å². The van der Waals surface area contributed by atoms with Gasteiger partial charge in [0, 0.05) is 19.6 Å². The van der Waals surface area contributed by atoms with Crippen molar-refractivity contribution < 1.29 is 9.90 Å². The van der Waals surface area contributed by atoms with Crippen molar-refractivity contribution in [1.29, 1.82) is 0 Å². The van der Waals surface area contributed by atoms with E-state index in [1.807, 2.05) is 0 Å². The third kappa shape index (κ3) is 4.12. The average Bonchev–Trinajstić information content (AvgIpc) is 2.25. The second-order valence-corrected chi connectivity index (χ2v) is 5.07. The van der Waals surface area contributed by atoms with Crippen LogP contribution >= 0.6 is 12.4 Å². The molecular weight excluding hydrogens is 240 g/mol. The first-order chi connectivity index (χ1) is 7.77. The number of hydrogen-bond acceptors (Lipinski definition) is 3. The Morgan fingerprint density at radius 1 is 1.29 bits per heavy atom. The smallest absolute Gasteiger partial charge is 0.225 e. The number of rotatable bonds is 4. The molecule has 2 rings (SSSR count). The number of carbonyl (C=O) groups is 1. The van der Waals surface area contributed by atoms with Crippen molar-refractivity contribution in [2.45, 2.75) is 38.2 Å². The second-order valence-electron chi connectivity index (χ2n) is 5.07. The van der Waals surface area contributed by atoms with Crippen LogP contribution in [0, 0.1) is 11.8 Å². The zero-order valence-electron chi connectivity index (χ0n) is 10.2. The molecule has 0 aromatic carbocycles. The Kier molecular flexibility index (Phi) is 6.23. The lowest BCUT2D eigenvalue weighted by Gasteiger charge is -2.29. The molecule has 1 saturated carbocycles. The second kappa shape index (κ2) is 7.19. The normalized spacial score (nSPS) is 23.4. The molecule has 1 amide bonds. The van der Waals surface area contributed by atoms with Gasteiger partial charge in [-0.2, -0.15) is 0 Å². The summed E-state index contributed by atoms with van der Waals surface area (Å²) in [5.41, 5.74) is 0. The van der Waals surface area contributed by atoms with Gasteiger partial charge in [-0.15, -0.1) is 12.4 Å². The highest BCUT2D eigenvalue weighted by Crippen LogP contribution is 2.26. The van der Waals surface area contributed by atoms with E-state index in [1.54, 1.807) is 0 Å². The minimum atomic E-state index is -0.350. The predicted molar refractivity (Wildman–Crippen MR) is 69.2 cm³/mol. The van der Waals surface area contributed by atoms with Crippen LogP contribution in [0.1, 0.15) is 32.1 Å². The molecule has 1 heterocycles. The summed E-state index contributed by atoms with van der Waals surface area (Å²) in [5.74, 6) is 0.612. The molecule has 1 atom stereocenters. The van der Waals surface area contributed by atoms with E-state index in [9.17, 15) is 9.90 Å². The Bertz CT molecular complexity index is 241. The van der Waals surface area contributed by atoms with Crippen molar-refractivity contribution in [3.05, 3.63) is 0 Å². The van der Waals surface area contributed by atoms with Crippen molar-refractivity contribution in [3.8, 4) is 0 Å². The third-order valence-corrected chi connectivity index (χ3v) is 3.83. The van der Waals surface area contributed by atoms with Crippen LogP contribution in [-0.2, 0) is 4.79 Å². The van der Waals surface area contributed by atoms with Gasteiger partial charge in [0.05, 0.1) is 12.0 Å². The van der Waals surface area contributed by atoms with Gasteiger partial charge in [0.15, 0.2) is 0 Å². The molecule has 0 aromatic heterocycles. The van der Waals surface area contributed by atoms with Gasteiger partial charge in [0.2, 0.25) is 5.91 Å². The van der Waals surface area contributed by atoms with E-state index in [1.165, 1.54) is 19.3 Å². The van der Waals surface area contributed by atoms with Gasteiger partial charge < -0.3 is 15.7 Å². The summed E-state index contributed by atoms with van der Waals surface area (Å²) < 4.78 is 0. The summed E-state index contributed by atoms with van der Waals surface area (Å²) in [6, 6.07) is 0. The Balaban J connectivity index is 0.00000144. The van der Waals surface area contributed by atoms with Gasteiger partial charge in [-0.25, -0.2) is 0 Å². The topological polar surface area (TPSA) is 61.4 Å². The molecule has 1 saturated heterocycles. The molecule has 0 radical (unpaired) electrons. The number of aliphatic hydroxyl groups excluding tert-OH is 1. The largest absolute Gasteiger partial charge is 0.391 e. The van der Waals surface area contributed by atoms with E-state index in [0.29, 0.717) is 12.5 Å². The maximum absolute atomic E-state index is 11.6. The number of amides is 1. The van der Waals surface area contributed by atoms with Crippen LogP contribution in [0.25, 0.3) is 0 Å². The van der Waals surface area contributed by atoms with Gasteiger partial charge in [0.25, 0.3) is 0 Å². The molecule has 1 aliphatic heterocycles. The monoisotopic (exact) mass is 262 g/mol. The summed E-state index contributed by atoms with van der Waals surface area (Å²) in [7, 11) is 0. The number of carbonyl (C=O) groups excluding carboxylic acids is 1. The zero-order valence-corrected chi connectivity index (χ0v) is 11.0. The van der Waals surface area contributed by atoms with Crippen molar-refractivity contribution in [2.75, 3.05) is 19.6 Å². The summed E-state index contributed by atoms with van der Waals surface area (Å²) in [6.45, 7) is 2.00. The SMILES string of the molecule is Cl.O=C(NCC(O)C1CCCCC1)C1CNC1. The summed E-state index contributed by atoms with van der Waals surface area (Å²) in [4.78, 5) is 11.6. The first-order valence-electron chi connectivity index (χ1n) is 6.44. The molecule has 0 spiro atoms. The van der Waals surface area contributed by atoms with Crippen molar-refractivity contribution in [3.63, 3.8) is 0 Å². The highest BCUT2D eigenvalue weighted by molar-refractivity contribution is 5.85. The fourth-order valence-electron chi connectivity index (χ4n) is 2.51. The number of hydrogen-bond donors (Lipinski definition) is 3. The van der Waals surface area contributed by atoms with Gasteiger partial charge in [-0.1, -0.05) is 19.3 Å². The van der Waals surface area contributed by atoms with Crippen molar-refractivity contribution in [2.24, 2.45) is 11.8 Å². The molecule has 3 N–H and O–H groups in total. The molecule has 5 heteroatoms. The van der Waals surface area contributed by atoms with E-state index in [0.717, 1.165) is 25.9 Å². The maximum Gasteiger partial charge on any atom is 0.225 e. The molecule has 1 unspecified atom stereocenters. The van der Waals surface area contributed by atoms with Crippen LogP contribution < -0.4 is 10.6 Å². The van der Waals surface area contributed by atoms with Crippen LogP contribution in [0.4, 0.5) is 0 Å². The van der Waals surface area contributed by atoms with Crippen LogP contribution in [0.5, 0.6) is 0 Å². The molecule has 100 valence electrons. The van der Waals surface area contributed by atoms with E-state index >= 15 is 0 Å².